The molecule has 0 radical (unpaired) electrons. The summed E-state index contributed by atoms with van der Waals surface area (Å²) in [4.78, 5) is 10.9. The Bertz CT molecular complexity index is 602. The normalized spacial score (nSPS) is 13.2. The van der Waals surface area contributed by atoms with Crippen molar-refractivity contribution in [2.45, 2.75) is 11.8 Å². The van der Waals surface area contributed by atoms with Gasteiger partial charge in [-0.25, -0.2) is 12.7 Å². The summed E-state index contributed by atoms with van der Waals surface area (Å²) in [6, 6.07) is 4.38. The zero-order valence-electron chi connectivity index (χ0n) is 11.3. The number of sulfonamides is 1. The van der Waals surface area contributed by atoms with Gasteiger partial charge in [0.25, 0.3) is 0 Å². The van der Waals surface area contributed by atoms with Crippen molar-refractivity contribution in [3.8, 4) is 5.75 Å². The van der Waals surface area contributed by atoms with Gasteiger partial charge in [-0.3, -0.25) is 4.79 Å². The average Bonchev–Trinajstić information content (AvgIpc) is 2.38. The molecule has 1 aromatic carbocycles. The molecule has 20 heavy (non-hydrogen) atoms. The number of hydrogen-bond acceptors (Lipinski definition) is 4. The highest BCUT2D eigenvalue weighted by Crippen LogP contribution is 2.28. The van der Waals surface area contributed by atoms with Gasteiger partial charge in [-0.1, -0.05) is 6.92 Å². The van der Waals surface area contributed by atoms with E-state index in [-0.39, 0.29) is 11.4 Å². The predicted octanol–water partition coefficient (Wildman–Crippen LogP) is 1.80. The molecule has 0 aliphatic rings. The van der Waals surface area contributed by atoms with Crippen LogP contribution < -0.4 is 4.74 Å². The zero-order valence-corrected chi connectivity index (χ0v) is 13.7. The SMILES string of the molecule is COc1ccc(S(=O)(=O)N(C)CC(C)C(=O)O)cc1Br. The molecule has 1 rings (SSSR count). The molecule has 0 aliphatic heterocycles. The Labute approximate surface area is 126 Å². The number of ether oxygens (including phenoxy) is 1. The lowest BCUT2D eigenvalue weighted by atomic mass is 10.2. The van der Waals surface area contributed by atoms with Crippen molar-refractivity contribution < 1.29 is 23.1 Å². The van der Waals surface area contributed by atoms with Crippen LogP contribution in [0.5, 0.6) is 5.75 Å². The molecule has 1 N–H and O–H groups in total. The lowest BCUT2D eigenvalue weighted by Gasteiger charge is -2.19. The monoisotopic (exact) mass is 365 g/mol. The molecule has 8 heteroatoms. The van der Waals surface area contributed by atoms with Gasteiger partial charge in [0.15, 0.2) is 0 Å². The standard InChI is InChI=1S/C12H16BrNO5S/c1-8(12(15)16)7-14(2)20(17,18)9-4-5-11(19-3)10(13)6-9/h4-6,8H,7H2,1-3H3,(H,15,16). The Balaban J connectivity index is 3.04. The van der Waals surface area contributed by atoms with Crippen LogP contribution in [0.15, 0.2) is 27.6 Å². The Hall–Kier alpha value is -1.12. The van der Waals surface area contributed by atoms with Crippen molar-refractivity contribution in [2.75, 3.05) is 20.7 Å². The molecule has 0 saturated carbocycles. The van der Waals surface area contributed by atoms with E-state index in [0.29, 0.717) is 10.2 Å². The quantitative estimate of drug-likeness (QED) is 0.830. The van der Waals surface area contributed by atoms with E-state index in [9.17, 15) is 13.2 Å². The van der Waals surface area contributed by atoms with E-state index >= 15 is 0 Å². The van der Waals surface area contributed by atoms with Crippen molar-refractivity contribution in [3.05, 3.63) is 22.7 Å². The largest absolute Gasteiger partial charge is 0.496 e. The molecule has 0 saturated heterocycles. The molecule has 1 aromatic rings. The average molecular weight is 366 g/mol. The second-order valence-electron chi connectivity index (χ2n) is 4.32. The maximum atomic E-state index is 12.3. The number of aliphatic carboxylic acids is 1. The first kappa shape index (κ1) is 16.9. The van der Waals surface area contributed by atoms with Crippen LogP contribution in [0.3, 0.4) is 0 Å². The number of carboxylic acids is 1. The summed E-state index contributed by atoms with van der Waals surface area (Å²) >= 11 is 3.22. The van der Waals surface area contributed by atoms with E-state index in [0.717, 1.165) is 4.31 Å². The van der Waals surface area contributed by atoms with Gasteiger partial charge in [-0.15, -0.1) is 0 Å². The first-order valence-corrected chi connectivity index (χ1v) is 7.96. The summed E-state index contributed by atoms with van der Waals surface area (Å²) in [5.41, 5.74) is 0. The lowest BCUT2D eigenvalue weighted by Crippen LogP contribution is -2.33. The summed E-state index contributed by atoms with van der Waals surface area (Å²) in [6.45, 7) is 1.36. The third kappa shape index (κ3) is 3.71. The van der Waals surface area contributed by atoms with Gasteiger partial charge in [0.2, 0.25) is 10.0 Å². The van der Waals surface area contributed by atoms with Gasteiger partial charge in [-0.2, -0.15) is 0 Å². The van der Waals surface area contributed by atoms with Crippen molar-refractivity contribution >= 4 is 31.9 Å². The molecule has 0 heterocycles. The fraction of sp³-hybridized carbons (Fsp3) is 0.417. The Kier molecular flexibility index (Phi) is 5.55. The number of carbonyl (C=O) groups is 1. The Morgan fingerprint density at radius 3 is 2.55 bits per heavy atom. The highest BCUT2D eigenvalue weighted by molar-refractivity contribution is 9.10. The van der Waals surface area contributed by atoms with E-state index in [4.69, 9.17) is 9.84 Å². The smallest absolute Gasteiger partial charge is 0.307 e. The third-order valence-corrected chi connectivity index (χ3v) is 5.22. The highest BCUT2D eigenvalue weighted by atomic mass is 79.9. The van der Waals surface area contributed by atoms with Crippen LogP contribution in [0.2, 0.25) is 0 Å². The maximum absolute atomic E-state index is 12.3. The van der Waals surface area contributed by atoms with Crippen molar-refractivity contribution in [2.24, 2.45) is 5.92 Å². The number of methoxy groups -OCH3 is 1. The molecule has 1 unspecified atom stereocenters. The minimum absolute atomic E-state index is 0.0743. The van der Waals surface area contributed by atoms with Crippen LogP contribution in [0.25, 0.3) is 0 Å². The molecule has 0 aliphatic carbocycles. The number of hydrogen-bond donors (Lipinski definition) is 1. The topological polar surface area (TPSA) is 83.9 Å². The van der Waals surface area contributed by atoms with Crippen molar-refractivity contribution in [1.29, 1.82) is 0 Å². The van der Waals surface area contributed by atoms with E-state index in [2.05, 4.69) is 15.9 Å². The van der Waals surface area contributed by atoms with Gasteiger partial charge >= 0.3 is 5.97 Å². The van der Waals surface area contributed by atoms with Gasteiger partial charge in [0.1, 0.15) is 5.75 Å². The van der Waals surface area contributed by atoms with Crippen LogP contribution in [-0.2, 0) is 14.8 Å². The van der Waals surface area contributed by atoms with E-state index < -0.39 is 21.9 Å². The summed E-state index contributed by atoms with van der Waals surface area (Å²) in [7, 11) is -0.895. The fourth-order valence-corrected chi connectivity index (χ4v) is 3.53. The Morgan fingerprint density at radius 1 is 1.50 bits per heavy atom. The summed E-state index contributed by atoms with van der Waals surface area (Å²) in [5.74, 6) is -1.30. The van der Waals surface area contributed by atoms with Gasteiger partial charge in [0.05, 0.1) is 22.4 Å². The van der Waals surface area contributed by atoms with Crippen LogP contribution in [-0.4, -0.2) is 44.5 Å². The second kappa shape index (κ2) is 6.55. The molecule has 0 amide bonds. The van der Waals surface area contributed by atoms with Crippen LogP contribution >= 0.6 is 15.9 Å². The molecular formula is C12H16BrNO5S. The number of benzene rings is 1. The molecule has 1 atom stereocenters. The molecule has 0 bridgehead atoms. The second-order valence-corrected chi connectivity index (χ2v) is 7.22. The Morgan fingerprint density at radius 2 is 2.10 bits per heavy atom. The van der Waals surface area contributed by atoms with E-state index in [1.165, 1.54) is 39.3 Å². The predicted molar refractivity (Wildman–Crippen MR) is 77.3 cm³/mol. The third-order valence-electron chi connectivity index (χ3n) is 2.78. The fourth-order valence-electron chi connectivity index (χ4n) is 1.55. The number of rotatable bonds is 6. The minimum Gasteiger partial charge on any atom is -0.496 e. The molecule has 112 valence electrons. The maximum Gasteiger partial charge on any atom is 0.307 e. The van der Waals surface area contributed by atoms with Crippen molar-refractivity contribution in [1.82, 2.24) is 4.31 Å². The van der Waals surface area contributed by atoms with Crippen molar-refractivity contribution in [3.63, 3.8) is 0 Å². The molecule has 0 aromatic heterocycles. The van der Waals surface area contributed by atoms with E-state index in [1.807, 2.05) is 0 Å². The first-order chi connectivity index (χ1) is 9.20. The zero-order chi connectivity index (χ0) is 15.5. The molecule has 0 fully saturated rings. The van der Waals surface area contributed by atoms with Gasteiger partial charge in [-0.05, 0) is 34.1 Å². The summed E-state index contributed by atoms with van der Waals surface area (Å²) in [6.07, 6.45) is 0. The van der Waals surface area contributed by atoms with Gasteiger partial charge < -0.3 is 9.84 Å². The molecular weight excluding hydrogens is 350 g/mol. The van der Waals surface area contributed by atoms with E-state index in [1.54, 1.807) is 0 Å². The van der Waals surface area contributed by atoms with Gasteiger partial charge in [0, 0.05) is 13.6 Å². The number of halogens is 1. The molecule has 6 nitrogen and oxygen atoms in total. The van der Waals surface area contributed by atoms with Crippen LogP contribution in [0.1, 0.15) is 6.92 Å². The van der Waals surface area contributed by atoms with Crippen LogP contribution in [0, 0.1) is 5.92 Å². The minimum atomic E-state index is -3.73. The van der Waals surface area contributed by atoms with Crippen LogP contribution in [0.4, 0.5) is 0 Å². The highest BCUT2D eigenvalue weighted by Gasteiger charge is 2.25. The summed E-state index contributed by atoms with van der Waals surface area (Å²) in [5, 5.41) is 8.83. The first-order valence-electron chi connectivity index (χ1n) is 5.72. The number of carboxylic acid groups (broad SMARTS) is 1. The number of nitrogens with zero attached hydrogens (tertiary/aromatic N) is 1. The molecule has 0 spiro atoms. The lowest BCUT2D eigenvalue weighted by molar-refractivity contribution is -0.141. The summed E-state index contributed by atoms with van der Waals surface area (Å²) < 4.78 is 31.2.